The zero-order valence-corrected chi connectivity index (χ0v) is 15.6. The fraction of sp³-hybridized carbons (Fsp3) is 0.333. The van der Waals surface area contributed by atoms with Crippen molar-refractivity contribution in [3.63, 3.8) is 0 Å². The fourth-order valence-corrected chi connectivity index (χ4v) is 3.35. The number of hydrogen-bond donors (Lipinski definition) is 2. The molecular formula is C21H18F3N3O2. The van der Waals surface area contributed by atoms with Crippen molar-refractivity contribution in [2.24, 2.45) is 13.0 Å². The van der Waals surface area contributed by atoms with Crippen molar-refractivity contribution in [1.29, 1.82) is 0 Å². The summed E-state index contributed by atoms with van der Waals surface area (Å²) < 4.78 is 43.6. The first-order valence-corrected chi connectivity index (χ1v) is 9.15. The molecule has 5 nitrogen and oxygen atoms in total. The van der Waals surface area contributed by atoms with Crippen molar-refractivity contribution in [3.05, 3.63) is 63.6 Å². The maximum absolute atomic E-state index is 14.1. The molecule has 2 heterocycles. The number of pyridine rings is 1. The summed E-state index contributed by atoms with van der Waals surface area (Å²) >= 11 is 0. The van der Waals surface area contributed by atoms with Crippen molar-refractivity contribution < 1.29 is 18.0 Å². The Kier molecular flexibility index (Phi) is 4.41. The Morgan fingerprint density at radius 3 is 2.55 bits per heavy atom. The Labute approximate surface area is 164 Å². The van der Waals surface area contributed by atoms with E-state index in [1.165, 1.54) is 22.8 Å². The predicted molar refractivity (Wildman–Crippen MR) is 101 cm³/mol. The number of hydrogen-bond acceptors (Lipinski definition) is 2. The standard InChI is InChI=1S/C21H18F3N3O2/c1-27-12-15(5-7-18(27)28)10-14-4-6-16-17(11-14)25-19(29)26-20(16,21(22,23)24)9-8-13-2-3-13/h4-7,11-13H,2-3,10H2,1H3,(H2,25,26,29)/t20-/m0/s1. The van der Waals surface area contributed by atoms with Crippen molar-refractivity contribution in [2.45, 2.75) is 31.0 Å². The van der Waals surface area contributed by atoms with Crippen molar-refractivity contribution in [3.8, 4) is 11.8 Å². The molecule has 29 heavy (non-hydrogen) atoms. The summed E-state index contributed by atoms with van der Waals surface area (Å²) in [4.78, 5) is 23.6. The van der Waals surface area contributed by atoms with E-state index in [9.17, 15) is 22.8 Å². The Bertz CT molecular complexity index is 1110. The van der Waals surface area contributed by atoms with Gasteiger partial charge in [0.05, 0.1) is 0 Å². The molecule has 1 aliphatic heterocycles. The predicted octanol–water partition coefficient (Wildman–Crippen LogP) is 3.28. The number of anilines is 1. The number of carbonyl (C=O) groups excluding carboxylic acids is 1. The van der Waals surface area contributed by atoms with Crippen LogP contribution in [0.2, 0.25) is 0 Å². The van der Waals surface area contributed by atoms with Crippen LogP contribution < -0.4 is 16.2 Å². The van der Waals surface area contributed by atoms with Crippen LogP contribution in [0.3, 0.4) is 0 Å². The summed E-state index contributed by atoms with van der Waals surface area (Å²) in [6.07, 6.45) is -1.15. The highest BCUT2D eigenvalue weighted by Gasteiger charge is 2.59. The maximum atomic E-state index is 14.1. The molecule has 2 aliphatic rings. The lowest BCUT2D eigenvalue weighted by Crippen LogP contribution is -2.59. The Morgan fingerprint density at radius 1 is 1.17 bits per heavy atom. The molecule has 1 fully saturated rings. The second kappa shape index (κ2) is 6.69. The van der Waals surface area contributed by atoms with Gasteiger partial charge in [0.2, 0.25) is 11.1 Å². The van der Waals surface area contributed by atoms with Gasteiger partial charge in [0.15, 0.2) is 0 Å². The van der Waals surface area contributed by atoms with Crippen molar-refractivity contribution in [2.75, 3.05) is 5.32 Å². The molecule has 4 rings (SSSR count). The molecule has 0 unspecified atom stereocenters. The fourth-order valence-electron chi connectivity index (χ4n) is 3.35. The molecule has 2 aromatic rings. The van der Waals surface area contributed by atoms with Crippen LogP contribution in [0.15, 0.2) is 41.3 Å². The molecule has 1 saturated carbocycles. The number of aryl methyl sites for hydroxylation is 1. The van der Waals surface area contributed by atoms with Gasteiger partial charge in [0.25, 0.3) is 0 Å². The summed E-state index contributed by atoms with van der Waals surface area (Å²) in [7, 11) is 1.63. The molecule has 2 amide bonds. The van der Waals surface area contributed by atoms with E-state index in [0.717, 1.165) is 18.4 Å². The molecule has 0 bridgehead atoms. The first kappa shape index (κ1) is 19.1. The number of aromatic nitrogens is 1. The lowest BCUT2D eigenvalue weighted by atomic mass is 9.85. The molecule has 0 radical (unpaired) electrons. The molecule has 1 aromatic carbocycles. The number of fused-ring (bicyclic) bond motifs is 1. The molecule has 1 aliphatic carbocycles. The highest BCUT2D eigenvalue weighted by Crippen LogP contribution is 2.44. The average Bonchev–Trinajstić information content (AvgIpc) is 3.46. The third kappa shape index (κ3) is 3.60. The molecular weight excluding hydrogens is 383 g/mol. The number of nitrogens with one attached hydrogen (secondary N) is 2. The van der Waals surface area contributed by atoms with E-state index < -0.39 is 17.7 Å². The highest BCUT2D eigenvalue weighted by molar-refractivity contribution is 5.95. The number of alkyl halides is 3. The maximum Gasteiger partial charge on any atom is 0.427 e. The monoisotopic (exact) mass is 401 g/mol. The SMILES string of the molecule is Cn1cc(Cc2ccc3c(c2)NC(=O)N[C@]3(C#CC2CC2)C(F)(F)F)ccc1=O. The lowest BCUT2D eigenvalue weighted by molar-refractivity contribution is -0.178. The summed E-state index contributed by atoms with van der Waals surface area (Å²) in [5.74, 6) is 4.93. The van der Waals surface area contributed by atoms with Gasteiger partial charge in [-0.3, -0.25) is 4.79 Å². The lowest BCUT2D eigenvalue weighted by Gasteiger charge is -2.37. The van der Waals surface area contributed by atoms with Gasteiger partial charge in [0, 0.05) is 36.5 Å². The number of benzene rings is 1. The van der Waals surface area contributed by atoms with Gasteiger partial charge in [-0.25, -0.2) is 4.79 Å². The molecule has 0 saturated heterocycles. The third-order valence-corrected chi connectivity index (χ3v) is 5.06. The number of nitrogens with zero attached hydrogens (tertiary/aromatic N) is 1. The minimum Gasteiger partial charge on any atom is -0.318 e. The average molecular weight is 401 g/mol. The van der Waals surface area contributed by atoms with E-state index in [-0.39, 0.29) is 22.7 Å². The van der Waals surface area contributed by atoms with E-state index in [2.05, 4.69) is 17.2 Å². The van der Waals surface area contributed by atoms with Gasteiger partial charge in [0.1, 0.15) is 0 Å². The van der Waals surface area contributed by atoms with E-state index in [1.54, 1.807) is 25.4 Å². The van der Waals surface area contributed by atoms with Gasteiger partial charge in [-0.05, 0) is 36.5 Å². The Balaban J connectivity index is 1.75. The summed E-state index contributed by atoms with van der Waals surface area (Å²) in [5, 5.41) is 4.47. The normalized spacial score (nSPS) is 20.8. The first-order chi connectivity index (χ1) is 13.7. The van der Waals surface area contributed by atoms with Crippen LogP contribution in [0.1, 0.15) is 29.5 Å². The quantitative estimate of drug-likeness (QED) is 0.759. The highest BCUT2D eigenvalue weighted by atomic mass is 19.4. The van der Waals surface area contributed by atoms with Crippen molar-refractivity contribution >= 4 is 11.7 Å². The van der Waals surface area contributed by atoms with Crippen LogP contribution >= 0.6 is 0 Å². The van der Waals surface area contributed by atoms with Crippen LogP contribution in [0, 0.1) is 17.8 Å². The van der Waals surface area contributed by atoms with Gasteiger partial charge >= 0.3 is 12.2 Å². The second-order valence-corrected chi connectivity index (χ2v) is 7.41. The number of amides is 2. The second-order valence-electron chi connectivity index (χ2n) is 7.41. The first-order valence-electron chi connectivity index (χ1n) is 9.15. The number of halogens is 3. The Morgan fingerprint density at radius 2 is 1.90 bits per heavy atom. The molecule has 1 atom stereocenters. The van der Waals surface area contributed by atoms with E-state index in [0.29, 0.717) is 12.0 Å². The third-order valence-electron chi connectivity index (χ3n) is 5.06. The van der Waals surface area contributed by atoms with Gasteiger partial charge < -0.3 is 15.2 Å². The van der Waals surface area contributed by atoms with Gasteiger partial charge in [-0.1, -0.05) is 30.0 Å². The van der Waals surface area contributed by atoms with E-state index in [1.807, 2.05) is 5.32 Å². The summed E-state index contributed by atoms with van der Waals surface area (Å²) in [6, 6.07) is 6.62. The Hall–Kier alpha value is -3.21. The van der Waals surface area contributed by atoms with Crippen LogP contribution in [0.4, 0.5) is 23.7 Å². The smallest absolute Gasteiger partial charge is 0.318 e. The van der Waals surface area contributed by atoms with E-state index in [4.69, 9.17) is 0 Å². The molecule has 8 heteroatoms. The van der Waals surface area contributed by atoms with Crippen LogP contribution in [-0.4, -0.2) is 16.8 Å². The zero-order valence-electron chi connectivity index (χ0n) is 15.6. The number of carbonyl (C=O) groups is 1. The van der Waals surface area contributed by atoms with Crippen LogP contribution in [0.5, 0.6) is 0 Å². The largest absolute Gasteiger partial charge is 0.427 e. The van der Waals surface area contributed by atoms with E-state index >= 15 is 0 Å². The van der Waals surface area contributed by atoms with Gasteiger partial charge in [-0.15, -0.1) is 0 Å². The van der Waals surface area contributed by atoms with Crippen molar-refractivity contribution in [1.82, 2.24) is 9.88 Å². The molecule has 150 valence electrons. The zero-order chi connectivity index (χ0) is 20.8. The minimum atomic E-state index is -4.78. The topological polar surface area (TPSA) is 63.1 Å². The molecule has 0 spiro atoms. The summed E-state index contributed by atoms with van der Waals surface area (Å²) in [6.45, 7) is 0. The van der Waals surface area contributed by atoms with Crippen LogP contribution in [-0.2, 0) is 19.0 Å². The summed E-state index contributed by atoms with van der Waals surface area (Å²) in [5.41, 5.74) is -1.40. The minimum absolute atomic E-state index is 0.0477. The number of rotatable bonds is 2. The molecule has 2 N–H and O–H groups in total. The number of urea groups is 1. The van der Waals surface area contributed by atoms with Gasteiger partial charge in [-0.2, -0.15) is 13.2 Å². The molecule has 1 aromatic heterocycles. The van der Waals surface area contributed by atoms with Crippen LogP contribution in [0.25, 0.3) is 0 Å².